The molecule has 2 aromatic carbocycles. The molecule has 0 heterocycles. The third kappa shape index (κ3) is 6.90. The van der Waals surface area contributed by atoms with Crippen molar-refractivity contribution in [1.29, 1.82) is 0 Å². The van der Waals surface area contributed by atoms with E-state index in [0.717, 1.165) is 23.8 Å². The van der Waals surface area contributed by atoms with Crippen molar-refractivity contribution in [2.24, 2.45) is 0 Å². The molecule has 0 N–H and O–H groups in total. The molecular formula is C27H38O4. The Kier molecular flexibility index (Phi) is 9.08. The number of hydrogen-bond acceptors (Lipinski definition) is 4. The second kappa shape index (κ2) is 12.0. The van der Waals surface area contributed by atoms with Crippen LogP contribution in [0, 0.1) is 0 Å². The smallest absolute Gasteiger partial charge is 0.197 e. The number of rotatable bonds is 11. The van der Waals surface area contributed by atoms with Crippen molar-refractivity contribution in [2.45, 2.75) is 77.4 Å². The summed E-state index contributed by atoms with van der Waals surface area (Å²) in [6.07, 6.45) is 7.43. The summed E-state index contributed by atoms with van der Waals surface area (Å²) in [6.45, 7) is 7.23. The number of hydrogen-bond donors (Lipinski definition) is 0. The molecular weight excluding hydrogens is 388 g/mol. The molecule has 2 unspecified atom stereocenters. The van der Waals surface area contributed by atoms with Gasteiger partial charge in [-0.1, -0.05) is 51.3 Å². The van der Waals surface area contributed by atoms with Gasteiger partial charge in [-0.2, -0.15) is 0 Å². The molecule has 1 saturated carbocycles. The van der Waals surface area contributed by atoms with Gasteiger partial charge in [-0.15, -0.1) is 0 Å². The molecule has 0 spiro atoms. The zero-order chi connectivity index (χ0) is 22.1. The van der Waals surface area contributed by atoms with Crippen LogP contribution in [0.2, 0.25) is 0 Å². The number of ether oxygens (including phenoxy) is 4. The molecule has 0 aromatic heterocycles. The Balaban J connectivity index is 1.41. The predicted molar refractivity (Wildman–Crippen MR) is 126 cm³/mol. The molecule has 4 heteroatoms. The van der Waals surface area contributed by atoms with Crippen molar-refractivity contribution in [2.75, 3.05) is 20.3 Å². The highest BCUT2D eigenvalue weighted by atomic mass is 16.7. The number of benzene rings is 2. The Morgan fingerprint density at radius 1 is 0.903 bits per heavy atom. The van der Waals surface area contributed by atoms with Gasteiger partial charge in [-0.05, 0) is 73.4 Å². The van der Waals surface area contributed by atoms with Gasteiger partial charge in [0.1, 0.15) is 12.4 Å². The summed E-state index contributed by atoms with van der Waals surface area (Å²) in [6, 6.07) is 14.7. The van der Waals surface area contributed by atoms with E-state index in [1.807, 2.05) is 13.0 Å². The molecule has 2 aromatic rings. The monoisotopic (exact) mass is 426 g/mol. The maximum atomic E-state index is 5.94. The fourth-order valence-electron chi connectivity index (χ4n) is 4.18. The largest absolute Gasteiger partial charge is 0.493 e. The first-order chi connectivity index (χ1) is 15.1. The van der Waals surface area contributed by atoms with Crippen LogP contribution in [0.15, 0.2) is 42.5 Å². The van der Waals surface area contributed by atoms with Crippen LogP contribution >= 0.6 is 0 Å². The van der Waals surface area contributed by atoms with Crippen LogP contribution in [-0.4, -0.2) is 26.6 Å². The lowest BCUT2D eigenvalue weighted by Crippen LogP contribution is -2.20. The average Bonchev–Trinajstić information content (AvgIpc) is 2.82. The molecule has 0 radical (unpaired) electrons. The van der Waals surface area contributed by atoms with E-state index in [4.69, 9.17) is 18.9 Å². The van der Waals surface area contributed by atoms with Gasteiger partial charge in [-0.25, -0.2) is 0 Å². The molecule has 0 bridgehead atoms. The summed E-state index contributed by atoms with van der Waals surface area (Å²) < 4.78 is 23.1. The van der Waals surface area contributed by atoms with Crippen LogP contribution < -0.4 is 14.2 Å². The molecule has 1 aliphatic carbocycles. The van der Waals surface area contributed by atoms with E-state index < -0.39 is 0 Å². The molecule has 0 saturated heterocycles. The van der Waals surface area contributed by atoms with Crippen molar-refractivity contribution in [3.63, 3.8) is 0 Å². The lowest BCUT2D eigenvalue weighted by atomic mass is 9.84. The Labute approximate surface area is 187 Å². The third-order valence-electron chi connectivity index (χ3n) is 6.32. The van der Waals surface area contributed by atoms with Crippen molar-refractivity contribution in [3.05, 3.63) is 53.6 Å². The summed E-state index contributed by atoms with van der Waals surface area (Å²) in [4.78, 5) is 0. The van der Waals surface area contributed by atoms with Crippen molar-refractivity contribution >= 4 is 0 Å². The van der Waals surface area contributed by atoms with E-state index >= 15 is 0 Å². The normalized spacial score (nSPS) is 16.5. The lowest BCUT2D eigenvalue weighted by molar-refractivity contribution is -0.0748. The molecule has 4 nitrogen and oxygen atoms in total. The van der Waals surface area contributed by atoms with Crippen molar-refractivity contribution < 1.29 is 18.9 Å². The Bertz CT molecular complexity index is 780. The highest BCUT2D eigenvalue weighted by Crippen LogP contribution is 2.34. The molecule has 3 rings (SSSR count). The second-order valence-corrected chi connectivity index (χ2v) is 8.53. The van der Waals surface area contributed by atoms with E-state index in [1.165, 1.54) is 43.2 Å². The van der Waals surface area contributed by atoms with Crippen LogP contribution in [0.5, 0.6) is 17.2 Å². The first-order valence-electron chi connectivity index (χ1n) is 11.8. The van der Waals surface area contributed by atoms with Gasteiger partial charge in [0.25, 0.3) is 0 Å². The summed E-state index contributed by atoms with van der Waals surface area (Å²) in [5.41, 5.74) is 2.70. The Morgan fingerprint density at radius 3 is 2.32 bits per heavy atom. The SMILES string of the molecule is CCC(C)c1ccc(OC(C)OCCOc2ccc(C3CCCCC3)cc2)c(OC)c1. The fraction of sp³-hybridized carbons (Fsp3) is 0.556. The summed E-state index contributed by atoms with van der Waals surface area (Å²) in [5.74, 6) is 3.54. The minimum Gasteiger partial charge on any atom is -0.493 e. The first-order valence-corrected chi connectivity index (χ1v) is 11.8. The van der Waals surface area contributed by atoms with Gasteiger partial charge in [-0.3, -0.25) is 0 Å². The van der Waals surface area contributed by atoms with E-state index in [0.29, 0.717) is 24.9 Å². The van der Waals surface area contributed by atoms with Gasteiger partial charge >= 0.3 is 0 Å². The first kappa shape index (κ1) is 23.5. The minimum absolute atomic E-state index is 0.388. The summed E-state index contributed by atoms with van der Waals surface area (Å²) in [7, 11) is 1.67. The van der Waals surface area contributed by atoms with Crippen LogP contribution in [0.3, 0.4) is 0 Å². The van der Waals surface area contributed by atoms with Crippen LogP contribution in [0.1, 0.15) is 82.3 Å². The van der Waals surface area contributed by atoms with E-state index in [9.17, 15) is 0 Å². The van der Waals surface area contributed by atoms with Crippen molar-refractivity contribution in [3.8, 4) is 17.2 Å². The molecule has 2 atom stereocenters. The fourth-order valence-corrected chi connectivity index (χ4v) is 4.18. The highest BCUT2D eigenvalue weighted by Gasteiger charge is 2.15. The van der Waals surface area contributed by atoms with E-state index in [1.54, 1.807) is 7.11 Å². The second-order valence-electron chi connectivity index (χ2n) is 8.53. The molecule has 1 fully saturated rings. The summed E-state index contributed by atoms with van der Waals surface area (Å²) >= 11 is 0. The number of methoxy groups -OCH3 is 1. The van der Waals surface area contributed by atoms with E-state index in [2.05, 4.69) is 50.2 Å². The molecule has 31 heavy (non-hydrogen) atoms. The maximum Gasteiger partial charge on any atom is 0.197 e. The van der Waals surface area contributed by atoms with Gasteiger partial charge in [0.15, 0.2) is 17.8 Å². The van der Waals surface area contributed by atoms with Crippen LogP contribution in [-0.2, 0) is 4.74 Å². The van der Waals surface area contributed by atoms with Crippen LogP contribution in [0.25, 0.3) is 0 Å². The molecule has 0 aliphatic heterocycles. The zero-order valence-electron chi connectivity index (χ0n) is 19.6. The van der Waals surface area contributed by atoms with Crippen LogP contribution in [0.4, 0.5) is 0 Å². The molecule has 0 amide bonds. The highest BCUT2D eigenvalue weighted by molar-refractivity contribution is 5.44. The van der Waals surface area contributed by atoms with Gasteiger partial charge < -0.3 is 18.9 Å². The Morgan fingerprint density at radius 2 is 1.65 bits per heavy atom. The zero-order valence-corrected chi connectivity index (χ0v) is 19.6. The molecule has 1 aliphatic rings. The predicted octanol–water partition coefficient (Wildman–Crippen LogP) is 7.08. The van der Waals surface area contributed by atoms with Gasteiger partial charge in [0.05, 0.1) is 13.7 Å². The van der Waals surface area contributed by atoms with Gasteiger partial charge in [0.2, 0.25) is 0 Å². The van der Waals surface area contributed by atoms with E-state index in [-0.39, 0.29) is 6.29 Å². The molecule has 170 valence electrons. The maximum absolute atomic E-state index is 5.94. The summed E-state index contributed by atoms with van der Waals surface area (Å²) in [5, 5.41) is 0. The third-order valence-corrected chi connectivity index (χ3v) is 6.32. The topological polar surface area (TPSA) is 36.9 Å². The minimum atomic E-state index is -0.388. The standard InChI is InChI=1S/C27H38O4/c1-5-20(2)24-13-16-26(27(19-24)28-4)31-21(3)29-17-18-30-25-14-11-23(12-15-25)22-9-7-6-8-10-22/h11-16,19-22H,5-10,17-18H2,1-4H3. The average molecular weight is 427 g/mol. The quantitative estimate of drug-likeness (QED) is 0.284. The Hall–Kier alpha value is -2.20. The van der Waals surface area contributed by atoms with Crippen molar-refractivity contribution in [1.82, 2.24) is 0 Å². The van der Waals surface area contributed by atoms with Gasteiger partial charge in [0, 0.05) is 0 Å². The lowest BCUT2D eigenvalue weighted by Gasteiger charge is -2.22.